The van der Waals surface area contributed by atoms with Gasteiger partial charge in [-0.25, -0.2) is 0 Å². The van der Waals surface area contributed by atoms with Crippen LogP contribution in [0.25, 0.3) is 0 Å². The SMILES string of the molecule is CCCCCCN(CCCCCC)CCOC(=O)CCCCCCCCCN(CCO)CCCCCCCCCC(=O)OCCN(CCCCCC)CCCCCC. The number of ether oxygens (including phenoxy) is 2. The molecule has 0 aromatic heterocycles. The fraction of sp³-hybridized carbons (Fsp3) is 0.960. The van der Waals surface area contributed by atoms with E-state index < -0.39 is 0 Å². The van der Waals surface area contributed by atoms with Crippen LogP contribution in [0.4, 0.5) is 0 Å². The minimum atomic E-state index is -0.0242. The molecular formula is C50H101N3O5. The second-order valence-corrected chi connectivity index (χ2v) is 17.4. The quantitative estimate of drug-likeness (QED) is 0.0480. The van der Waals surface area contributed by atoms with E-state index in [1.165, 1.54) is 167 Å². The summed E-state index contributed by atoms with van der Waals surface area (Å²) < 4.78 is 11.2. The van der Waals surface area contributed by atoms with Gasteiger partial charge in [-0.15, -0.1) is 0 Å². The number of nitrogens with zero attached hydrogens (tertiary/aromatic N) is 3. The van der Waals surface area contributed by atoms with Crippen LogP contribution in [-0.2, 0) is 19.1 Å². The van der Waals surface area contributed by atoms with Crippen molar-refractivity contribution in [1.82, 2.24) is 14.7 Å². The number of unbranched alkanes of at least 4 members (excludes halogenated alkanes) is 24. The predicted octanol–water partition coefficient (Wildman–Crippen LogP) is 12.5. The van der Waals surface area contributed by atoms with Crippen LogP contribution in [0, 0.1) is 0 Å². The van der Waals surface area contributed by atoms with Gasteiger partial charge in [-0.3, -0.25) is 19.4 Å². The van der Waals surface area contributed by atoms with Gasteiger partial charge in [0.25, 0.3) is 0 Å². The van der Waals surface area contributed by atoms with Crippen LogP contribution in [0.1, 0.15) is 233 Å². The average Bonchev–Trinajstić information content (AvgIpc) is 3.22. The number of carbonyl (C=O) groups is 2. The summed E-state index contributed by atoms with van der Waals surface area (Å²) in [5.41, 5.74) is 0. The second-order valence-electron chi connectivity index (χ2n) is 17.4. The van der Waals surface area contributed by atoms with Crippen molar-refractivity contribution in [1.29, 1.82) is 0 Å². The zero-order chi connectivity index (χ0) is 42.4. The van der Waals surface area contributed by atoms with Crippen LogP contribution >= 0.6 is 0 Å². The van der Waals surface area contributed by atoms with Gasteiger partial charge in [0.05, 0.1) is 6.61 Å². The number of aliphatic hydroxyl groups excluding tert-OH is 1. The zero-order valence-corrected chi connectivity index (χ0v) is 39.5. The molecule has 8 heteroatoms. The van der Waals surface area contributed by atoms with Crippen molar-refractivity contribution in [3.63, 3.8) is 0 Å². The number of carbonyl (C=O) groups excluding carboxylic acids is 2. The molecule has 0 radical (unpaired) electrons. The van der Waals surface area contributed by atoms with E-state index in [-0.39, 0.29) is 18.5 Å². The molecule has 0 unspecified atom stereocenters. The van der Waals surface area contributed by atoms with Gasteiger partial charge in [-0.05, 0) is 90.6 Å². The first-order chi connectivity index (χ1) is 28.5. The third kappa shape index (κ3) is 41.5. The summed E-state index contributed by atoms with van der Waals surface area (Å²) in [6.45, 7) is 19.5. The number of rotatable bonds is 48. The highest BCUT2D eigenvalue weighted by atomic mass is 16.5. The molecule has 0 amide bonds. The monoisotopic (exact) mass is 824 g/mol. The van der Waals surface area contributed by atoms with Gasteiger partial charge in [-0.2, -0.15) is 0 Å². The summed E-state index contributed by atoms with van der Waals surface area (Å²) in [4.78, 5) is 32.1. The molecule has 0 atom stereocenters. The lowest BCUT2D eigenvalue weighted by Crippen LogP contribution is -2.30. The first-order valence-corrected chi connectivity index (χ1v) is 25.6. The lowest BCUT2D eigenvalue weighted by Gasteiger charge is -2.22. The molecule has 346 valence electrons. The van der Waals surface area contributed by atoms with Gasteiger partial charge in [0, 0.05) is 32.5 Å². The molecule has 0 aliphatic heterocycles. The van der Waals surface area contributed by atoms with Crippen LogP contribution < -0.4 is 0 Å². The lowest BCUT2D eigenvalue weighted by atomic mass is 10.1. The van der Waals surface area contributed by atoms with Crippen molar-refractivity contribution in [2.24, 2.45) is 0 Å². The summed E-state index contributed by atoms with van der Waals surface area (Å²) in [7, 11) is 0. The van der Waals surface area contributed by atoms with Crippen molar-refractivity contribution >= 4 is 11.9 Å². The predicted molar refractivity (Wildman–Crippen MR) is 249 cm³/mol. The van der Waals surface area contributed by atoms with Gasteiger partial charge >= 0.3 is 11.9 Å². The van der Waals surface area contributed by atoms with Gasteiger partial charge in [0.15, 0.2) is 0 Å². The normalized spacial score (nSPS) is 11.7. The maximum Gasteiger partial charge on any atom is 0.305 e. The Labute approximate surface area is 361 Å². The van der Waals surface area contributed by atoms with E-state index in [1.54, 1.807) is 0 Å². The highest BCUT2D eigenvalue weighted by Gasteiger charge is 2.10. The molecule has 0 saturated heterocycles. The molecule has 58 heavy (non-hydrogen) atoms. The molecule has 0 aromatic rings. The van der Waals surface area contributed by atoms with E-state index in [0.29, 0.717) is 26.1 Å². The lowest BCUT2D eigenvalue weighted by molar-refractivity contribution is -0.145. The van der Waals surface area contributed by atoms with Crippen LogP contribution in [0.15, 0.2) is 0 Å². The minimum Gasteiger partial charge on any atom is -0.464 e. The molecule has 0 aliphatic rings. The summed E-state index contributed by atoms with van der Waals surface area (Å²) >= 11 is 0. The van der Waals surface area contributed by atoms with Crippen LogP contribution in [0.2, 0.25) is 0 Å². The van der Waals surface area contributed by atoms with Gasteiger partial charge in [0.2, 0.25) is 0 Å². The van der Waals surface area contributed by atoms with Crippen molar-refractivity contribution in [3.05, 3.63) is 0 Å². The fourth-order valence-corrected chi connectivity index (χ4v) is 7.90. The van der Waals surface area contributed by atoms with E-state index in [1.807, 2.05) is 0 Å². The van der Waals surface area contributed by atoms with E-state index in [9.17, 15) is 14.7 Å². The Morgan fingerprint density at radius 1 is 0.328 bits per heavy atom. The van der Waals surface area contributed by atoms with Gasteiger partial charge in [-0.1, -0.05) is 169 Å². The standard InChI is InChI=1S/C50H101N3O5/c1-5-9-13-29-39-52(40-30-14-10-6-2)44-47-57-49(55)35-27-23-19-17-21-25-33-37-51(43-46-54)38-34-26-22-18-20-24-28-36-50(56)58-48-45-53(41-31-15-11-7-3)42-32-16-12-8-4/h54H,5-48H2,1-4H3. The number of hydrogen-bond donors (Lipinski definition) is 1. The molecule has 0 fully saturated rings. The Kier molecular flexibility index (Phi) is 45.9. The molecular weight excluding hydrogens is 723 g/mol. The molecule has 0 rings (SSSR count). The van der Waals surface area contributed by atoms with Crippen LogP contribution in [0.5, 0.6) is 0 Å². The van der Waals surface area contributed by atoms with Crippen LogP contribution in [0.3, 0.4) is 0 Å². The van der Waals surface area contributed by atoms with Crippen molar-refractivity contribution < 1.29 is 24.2 Å². The van der Waals surface area contributed by atoms with Crippen LogP contribution in [-0.4, -0.2) is 110 Å². The van der Waals surface area contributed by atoms with E-state index in [4.69, 9.17) is 9.47 Å². The summed E-state index contributed by atoms with van der Waals surface area (Å²) in [6, 6.07) is 0. The third-order valence-corrected chi connectivity index (χ3v) is 11.8. The van der Waals surface area contributed by atoms with E-state index >= 15 is 0 Å². The van der Waals surface area contributed by atoms with Gasteiger partial charge < -0.3 is 19.5 Å². The average molecular weight is 824 g/mol. The summed E-state index contributed by atoms with van der Waals surface area (Å²) in [5.74, 6) is -0.0484. The molecule has 0 bridgehead atoms. The number of hydrogen-bond acceptors (Lipinski definition) is 8. The maximum absolute atomic E-state index is 12.3. The van der Waals surface area contributed by atoms with Crippen molar-refractivity contribution in [3.8, 4) is 0 Å². The van der Waals surface area contributed by atoms with E-state index in [0.717, 1.165) is 84.6 Å². The summed E-state index contributed by atoms with van der Waals surface area (Å²) in [5, 5.41) is 9.58. The Balaban J connectivity index is 3.85. The first kappa shape index (κ1) is 56.8. The maximum atomic E-state index is 12.3. The topological polar surface area (TPSA) is 82.6 Å². The largest absolute Gasteiger partial charge is 0.464 e. The highest BCUT2D eigenvalue weighted by molar-refractivity contribution is 5.69. The molecule has 8 nitrogen and oxygen atoms in total. The van der Waals surface area contributed by atoms with E-state index in [2.05, 4.69) is 42.4 Å². The Bertz CT molecular complexity index is 758. The fourth-order valence-electron chi connectivity index (χ4n) is 7.90. The number of esters is 2. The first-order valence-electron chi connectivity index (χ1n) is 25.6. The number of aliphatic hydroxyl groups is 1. The molecule has 0 saturated carbocycles. The van der Waals surface area contributed by atoms with Crippen molar-refractivity contribution in [2.75, 3.05) is 78.7 Å². The Morgan fingerprint density at radius 3 is 0.845 bits per heavy atom. The molecule has 0 aliphatic carbocycles. The van der Waals surface area contributed by atoms with Crippen molar-refractivity contribution in [2.45, 2.75) is 233 Å². The highest BCUT2D eigenvalue weighted by Crippen LogP contribution is 2.13. The summed E-state index contributed by atoms with van der Waals surface area (Å²) in [6.07, 6.45) is 37.9. The smallest absolute Gasteiger partial charge is 0.305 e. The second kappa shape index (κ2) is 46.8. The molecule has 0 spiro atoms. The Morgan fingerprint density at radius 2 is 0.569 bits per heavy atom. The zero-order valence-electron chi connectivity index (χ0n) is 39.5. The Hall–Kier alpha value is -1.22. The minimum absolute atomic E-state index is 0.0242. The molecule has 0 aromatic carbocycles. The molecule has 1 N–H and O–H groups in total. The third-order valence-electron chi connectivity index (χ3n) is 11.8. The van der Waals surface area contributed by atoms with Gasteiger partial charge in [0.1, 0.15) is 13.2 Å². The molecule has 0 heterocycles.